The third kappa shape index (κ3) is 5.32. The maximum atomic E-state index is 12.0. The molecule has 150 valence electrons. The van der Waals surface area contributed by atoms with Crippen LogP contribution in [-0.4, -0.2) is 45.3 Å². The second kappa shape index (κ2) is 9.88. The van der Waals surface area contributed by atoms with Gasteiger partial charge in [-0.3, -0.25) is 14.2 Å². The fourth-order valence-electron chi connectivity index (χ4n) is 2.46. The second-order valence-corrected chi connectivity index (χ2v) is 6.89. The van der Waals surface area contributed by atoms with Gasteiger partial charge in [-0.2, -0.15) is 10.2 Å². The molecule has 0 bridgehead atoms. The molecule has 10 heteroatoms. The van der Waals surface area contributed by atoms with Crippen LogP contribution in [-0.2, 0) is 18.9 Å². The number of carbonyl (C=O) groups excluding carboxylic acids is 1. The Balaban J connectivity index is 1.91. The summed E-state index contributed by atoms with van der Waals surface area (Å²) in [5.74, 6) is -0.419. The van der Waals surface area contributed by atoms with Gasteiger partial charge in [-0.1, -0.05) is 23.9 Å². The number of aromatic nitrogens is 3. The Hall–Kier alpha value is -2.88. The number of rotatable bonds is 8. The van der Waals surface area contributed by atoms with Gasteiger partial charge in [0.25, 0.3) is 5.56 Å². The van der Waals surface area contributed by atoms with Crippen LogP contribution >= 0.6 is 11.8 Å². The Morgan fingerprint density at radius 2 is 1.86 bits per heavy atom. The molecule has 0 aliphatic rings. The Bertz CT molecular complexity index is 961. The number of carbonyl (C=O) groups is 1. The first-order valence-electron chi connectivity index (χ1n) is 8.81. The lowest BCUT2D eigenvalue weighted by Gasteiger charge is -2.20. The summed E-state index contributed by atoms with van der Waals surface area (Å²) < 4.78 is 2.01. The molecule has 0 atom stereocenters. The molecule has 0 unspecified atom stereocenters. The zero-order valence-corrected chi connectivity index (χ0v) is 17.2. The van der Waals surface area contributed by atoms with Crippen LogP contribution in [0, 0.1) is 0 Å². The van der Waals surface area contributed by atoms with Gasteiger partial charge in [0.15, 0.2) is 5.03 Å². The average molecular weight is 404 g/mol. The monoisotopic (exact) mass is 404 g/mol. The highest BCUT2D eigenvalue weighted by atomic mass is 32.2. The Morgan fingerprint density at radius 1 is 1.21 bits per heavy atom. The van der Waals surface area contributed by atoms with Crippen molar-refractivity contribution in [3.8, 4) is 0 Å². The first-order chi connectivity index (χ1) is 13.4. The molecule has 1 heterocycles. The molecule has 1 aromatic heterocycles. The van der Waals surface area contributed by atoms with Gasteiger partial charge >= 0.3 is 5.69 Å². The summed E-state index contributed by atoms with van der Waals surface area (Å²) >= 11 is 0.953. The summed E-state index contributed by atoms with van der Waals surface area (Å²) in [6.45, 7) is 6.08. The highest BCUT2D eigenvalue weighted by Crippen LogP contribution is 2.14. The number of amides is 1. The maximum absolute atomic E-state index is 12.0. The quantitative estimate of drug-likeness (QED) is 0.392. The van der Waals surface area contributed by atoms with Crippen molar-refractivity contribution in [1.29, 1.82) is 0 Å². The molecule has 28 heavy (non-hydrogen) atoms. The van der Waals surface area contributed by atoms with E-state index < -0.39 is 11.2 Å². The number of hydrogen-bond donors (Lipinski definition) is 1. The van der Waals surface area contributed by atoms with E-state index in [1.54, 1.807) is 6.21 Å². The highest BCUT2D eigenvalue weighted by molar-refractivity contribution is 7.99. The molecule has 2 aromatic rings. The van der Waals surface area contributed by atoms with Crippen LogP contribution < -0.4 is 21.6 Å². The lowest BCUT2D eigenvalue weighted by Crippen LogP contribution is -2.39. The number of anilines is 1. The Morgan fingerprint density at radius 3 is 2.46 bits per heavy atom. The topological polar surface area (TPSA) is 102 Å². The molecule has 9 nitrogen and oxygen atoms in total. The molecule has 0 aliphatic heterocycles. The van der Waals surface area contributed by atoms with Crippen LogP contribution in [0.25, 0.3) is 0 Å². The minimum absolute atomic E-state index is 0.0430. The van der Waals surface area contributed by atoms with Gasteiger partial charge in [0.1, 0.15) is 0 Å². The molecule has 0 radical (unpaired) electrons. The van der Waals surface area contributed by atoms with Crippen molar-refractivity contribution in [3.05, 3.63) is 50.7 Å². The highest BCUT2D eigenvalue weighted by Gasteiger charge is 2.11. The summed E-state index contributed by atoms with van der Waals surface area (Å²) in [6.07, 6.45) is 1.55. The normalized spacial score (nSPS) is 11.0. The van der Waals surface area contributed by atoms with Crippen molar-refractivity contribution >= 4 is 29.6 Å². The Kier molecular flexibility index (Phi) is 7.56. The van der Waals surface area contributed by atoms with Crippen molar-refractivity contribution in [3.63, 3.8) is 0 Å². The number of hydrazone groups is 1. The van der Waals surface area contributed by atoms with Crippen LogP contribution in [0.3, 0.4) is 0 Å². The van der Waals surface area contributed by atoms with Gasteiger partial charge in [0.05, 0.1) is 12.0 Å². The number of nitrogens with one attached hydrogen (secondary N) is 1. The third-order valence-electron chi connectivity index (χ3n) is 4.06. The van der Waals surface area contributed by atoms with E-state index in [-0.39, 0.29) is 16.7 Å². The SMILES string of the molecule is CCN(CC)c1ccc(/C=N\NC(=O)CSc2nn(C)c(=O)n(C)c2=O)cc1. The van der Waals surface area contributed by atoms with Gasteiger partial charge in [-0.15, -0.1) is 0 Å². The molecule has 0 spiro atoms. The number of hydrogen-bond acceptors (Lipinski definition) is 7. The summed E-state index contributed by atoms with van der Waals surface area (Å²) in [5, 5.41) is 7.89. The summed E-state index contributed by atoms with van der Waals surface area (Å²) in [6, 6.07) is 7.87. The maximum Gasteiger partial charge on any atom is 0.346 e. The number of nitrogens with zero attached hydrogens (tertiary/aromatic N) is 5. The van der Waals surface area contributed by atoms with Gasteiger partial charge < -0.3 is 4.90 Å². The zero-order valence-electron chi connectivity index (χ0n) is 16.4. The fraction of sp³-hybridized carbons (Fsp3) is 0.389. The van der Waals surface area contributed by atoms with E-state index in [1.807, 2.05) is 24.3 Å². The van der Waals surface area contributed by atoms with Crippen molar-refractivity contribution < 1.29 is 4.79 Å². The molecule has 0 aliphatic carbocycles. The van der Waals surface area contributed by atoms with E-state index in [9.17, 15) is 14.4 Å². The van der Waals surface area contributed by atoms with E-state index in [4.69, 9.17) is 0 Å². The lowest BCUT2D eigenvalue weighted by molar-refractivity contribution is -0.118. The summed E-state index contributed by atoms with van der Waals surface area (Å²) in [4.78, 5) is 37.7. The smallest absolute Gasteiger partial charge is 0.346 e. The molecule has 1 N–H and O–H groups in total. The van der Waals surface area contributed by atoms with Gasteiger partial charge in [0.2, 0.25) is 5.91 Å². The van der Waals surface area contributed by atoms with E-state index >= 15 is 0 Å². The van der Waals surface area contributed by atoms with Crippen molar-refractivity contribution in [2.24, 2.45) is 19.2 Å². The average Bonchev–Trinajstić information content (AvgIpc) is 2.70. The van der Waals surface area contributed by atoms with Crippen LogP contribution in [0.15, 0.2) is 44.0 Å². The largest absolute Gasteiger partial charge is 0.372 e. The van der Waals surface area contributed by atoms with E-state index in [0.717, 1.165) is 45.4 Å². The van der Waals surface area contributed by atoms with E-state index in [0.29, 0.717) is 0 Å². The van der Waals surface area contributed by atoms with Gasteiger partial charge in [-0.25, -0.2) is 14.9 Å². The molecule has 2 rings (SSSR count). The standard InChI is InChI=1S/C18H24N6O3S/c1-5-24(6-2)14-9-7-13(8-10-14)11-19-20-15(25)12-28-16-17(26)22(3)18(27)23(4)21-16/h7-11H,5-6,12H2,1-4H3,(H,20,25)/b19-11-. The molecule has 1 amide bonds. The molecule has 0 fully saturated rings. The first kappa shape index (κ1) is 21.4. The number of thioether (sulfide) groups is 1. The molecule has 0 saturated carbocycles. The van der Waals surface area contributed by atoms with Crippen molar-refractivity contribution in [2.45, 2.75) is 18.9 Å². The van der Waals surface area contributed by atoms with E-state index in [1.165, 1.54) is 14.1 Å². The molecular weight excluding hydrogens is 380 g/mol. The Labute approximate surface area is 167 Å². The van der Waals surface area contributed by atoms with Crippen LogP contribution in [0.2, 0.25) is 0 Å². The van der Waals surface area contributed by atoms with E-state index in [2.05, 4.69) is 34.4 Å². The van der Waals surface area contributed by atoms with Crippen LogP contribution in [0.4, 0.5) is 5.69 Å². The van der Waals surface area contributed by atoms with Gasteiger partial charge in [-0.05, 0) is 31.5 Å². The van der Waals surface area contributed by atoms with Crippen LogP contribution in [0.1, 0.15) is 19.4 Å². The van der Waals surface area contributed by atoms with Crippen molar-refractivity contribution in [1.82, 2.24) is 19.8 Å². The summed E-state index contributed by atoms with van der Waals surface area (Å²) in [7, 11) is 2.81. The fourth-order valence-corrected chi connectivity index (χ4v) is 3.24. The number of benzene rings is 1. The van der Waals surface area contributed by atoms with Crippen LogP contribution in [0.5, 0.6) is 0 Å². The number of aryl methyl sites for hydroxylation is 1. The third-order valence-corrected chi connectivity index (χ3v) is 4.99. The van der Waals surface area contributed by atoms with Gasteiger partial charge in [0, 0.05) is 32.9 Å². The molecular formula is C18H24N6O3S. The predicted octanol–water partition coefficient (Wildman–Crippen LogP) is 0.568. The first-order valence-corrected chi connectivity index (χ1v) is 9.80. The predicted molar refractivity (Wildman–Crippen MR) is 111 cm³/mol. The molecule has 0 saturated heterocycles. The minimum Gasteiger partial charge on any atom is -0.372 e. The summed E-state index contributed by atoms with van der Waals surface area (Å²) in [5.41, 5.74) is 3.36. The van der Waals surface area contributed by atoms with Crippen molar-refractivity contribution in [2.75, 3.05) is 23.7 Å². The minimum atomic E-state index is -0.530. The lowest BCUT2D eigenvalue weighted by atomic mass is 10.2. The second-order valence-electron chi connectivity index (χ2n) is 5.92. The zero-order chi connectivity index (χ0) is 20.7. The molecule has 1 aromatic carbocycles.